The van der Waals surface area contributed by atoms with Crippen LogP contribution in [0.4, 0.5) is 0 Å². The van der Waals surface area contributed by atoms with Gasteiger partial charge in [-0.2, -0.15) is 0 Å². The molecule has 0 aliphatic heterocycles. The average molecular weight is 378 g/mol. The molecule has 150 valence electrons. The number of esters is 2. The highest BCUT2D eigenvalue weighted by Gasteiger charge is 2.14. The second-order valence-electron chi connectivity index (χ2n) is 4.60. The monoisotopic (exact) mass is 378 g/mol. The smallest absolute Gasteiger partial charge is 0.344 e. The summed E-state index contributed by atoms with van der Waals surface area (Å²) in [6.45, 7) is 10.5. The summed E-state index contributed by atoms with van der Waals surface area (Å²) in [4.78, 5) is 40.7. The van der Waals surface area contributed by atoms with Gasteiger partial charge in [0.1, 0.15) is 0 Å². The molecule has 0 radical (unpaired) electrons. The third-order valence-corrected chi connectivity index (χ3v) is 2.16. The zero-order valence-corrected chi connectivity index (χ0v) is 15.0. The maximum Gasteiger partial charge on any atom is 0.344 e. The number of carboxylic acid groups (broad SMARTS) is 2. The molecule has 0 fully saturated rings. The molecule has 0 saturated carbocycles. The van der Waals surface area contributed by atoms with Gasteiger partial charge in [0, 0.05) is 18.8 Å². The first-order valence-corrected chi connectivity index (χ1v) is 7.33. The highest BCUT2D eigenvalue weighted by Crippen LogP contribution is 1.91. The summed E-state index contributed by atoms with van der Waals surface area (Å²) < 4.78 is 8.61. The van der Waals surface area contributed by atoms with Gasteiger partial charge in [-0.1, -0.05) is 13.2 Å². The summed E-state index contributed by atoms with van der Waals surface area (Å²) in [6, 6.07) is 0. The lowest BCUT2D eigenvalue weighted by atomic mass is 10.3. The van der Waals surface area contributed by atoms with E-state index in [2.05, 4.69) is 22.6 Å². The lowest BCUT2D eigenvalue weighted by molar-refractivity contribution is -0.159. The number of carbonyl (C=O) groups is 4. The Bertz CT molecular complexity index is 432. The first kappa shape index (κ1) is 28.1. The fourth-order valence-electron chi connectivity index (χ4n) is 0.732. The van der Waals surface area contributed by atoms with Crippen LogP contribution in [0.1, 0.15) is 27.2 Å². The molecule has 0 aromatic heterocycles. The standard InChI is InChI=1S/2C6H8O4.C4H10O2/c2*1-3-5(7)10-4(2)6(8)9;1-4(6)2-3-5/h2*3-4H,1H2,2H3,(H,8,9);4-6H,2-3H2,1H3. The highest BCUT2D eigenvalue weighted by atomic mass is 16.6. The summed E-state index contributed by atoms with van der Waals surface area (Å²) in [5.41, 5.74) is 0. The molecule has 0 amide bonds. The third kappa shape index (κ3) is 21.3. The van der Waals surface area contributed by atoms with Gasteiger partial charge in [0.2, 0.25) is 0 Å². The third-order valence-electron chi connectivity index (χ3n) is 2.16. The zero-order valence-electron chi connectivity index (χ0n) is 15.0. The molecule has 3 atom stereocenters. The van der Waals surface area contributed by atoms with Gasteiger partial charge < -0.3 is 29.9 Å². The average Bonchev–Trinajstić information content (AvgIpc) is 2.55. The van der Waals surface area contributed by atoms with Gasteiger partial charge in [-0.15, -0.1) is 0 Å². The molecular formula is C16H26O10. The molecule has 0 heterocycles. The van der Waals surface area contributed by atoms with Crippen LogP contribution < -0.4 is 0 Å². The van der Waals surface area contributed by atoms with Crippen LogP contribution in [0.5, 0.6) is 0 Å². The van der Waals surface area contributed by atoms with E-state index in [4.69, 9.17) is 20.4 Å². The Kier molecular flexibility index (Phi) is 18.5. The Hall–Kier alpha value is -2.72. The molecular weight excluding hydrogens is 352 g/mol. The molecule has 0 aliphatic rings. The number of hydrogen-bond acceptors (Lipinski definition) is 8. The predicted octanol–water partition coefficient (Wildman–Crippen LogP) is 0.127. The van der Waals surface area contributed by atoms with Crippen LogP contribution >= 0.6 is 0 Å². The van der Waals surface area contributed by atoms with Gasteiger partial charge in [0.15, 0.2) is 12.2 Å². The van der Waals surface area contributed by atoms with Gasteiger partial charge in [0.25, 0.3) is 0 Å². The normalized spacial score (nSPS) is 12.3. The molecule has 10 heteroatoms. The molecule has 0 spiro atoms. The van der Waals surface area contributed by atoms with E-state index in [1.807, 2.05) is 0 Å². The number of ether oxygens (including phenoxy) is 2. The summed E-state index contributed by atoms with van der Waals surface area (Å²) >= 11 is 0. The minimum Gasteiger partial charge on any atom is -0.479 e. The number of rotatable bonds is 8. The van der Waals surface area contributed by atoms with Gasteiger partial charge in [0.05, 0.1) is 6.10 Å². The van der Waals surface area contributed by atoms with Crippen LogP contribution in [0.15, 0.2) is 25.3 Å². The van der Waals surface area contributed by atoms with Crippen molar-refractivity contribution in [1.82, 2.24) is 0 Å². The van der Waals surface area contributed by atoms with Crippen LogP contribution in [-0.2, 0) is 28.7 Å². The molecule has 4 N–H and O–H groups in total. The van der Waals surface area contributed by atoms with Crippen molar-refractivity contribution in [3.05, 3.63) is 25.3 Å². The summed E-state index contributed by atoms with van der Waals surface area (Å²) in [7, 11) is 0. The van der Waals surface area contributed by atoms with Crippen LogP contribution in [0.3, 0.4) is 0 Å². The lowest BCUT2D eigenvalue weighted by Crippen LogP contribution is -2.22. The van der Waals surface area contributed by atoms with Crippen molar-refractivity contribution in [2.45, 2.75) is 45.5 Å². The van der Waals surface area contributed by atoms with Gasteiger partial charge >= 0.3 is 23.9 Å². The number of hydrogen-bond donors (Lipinski definition) is 4. The van der Waals surface area contributed by atoms with Gasteiger partial charge in [-0.25, -0.2) is 19.2 Å². The molecule has 0 bridgehead atoms. The van der Waals surface area contributed by atoms with Crippen LogP contribution in [-0.4, -0.2) is 69.2 Å². The molecule has 0 aromatic carbocycles. The van der Waals surface area contributed by atoms with E-state index in [9.17, 15) is 19.2 Å². The molecule has 0 aromatic rings. The summed E-state index contributed by atoms with van der Waals surface area (Å²) in [5.74, 6) is -3.80. The largest absolute Gasteiger partial charge is 0.479 e. The number of aliphatic hydroxyl groups is 2. The van der Waals surface area contributed by atoms with E-state index >= 15 is 0 Å². The van der Waals surface area contributed by atoms with Gasteiger partial charge in [-0.05, 0) is 27.2 Å². The first-order valence-electron chi connectivity index (χ1n) is 7.33. The van der Waals surface area contributed by atoms with Crippen molar-refractivity contribution in [3.8, 4) is 0 Å². The van der Waals surface area contributed by atoms with Crippen molar-refractivity contribution < 1.29 is 49.1 Å². The van der Waals surface area contributed by atoms with Crippen LogP contribution in [0, 0.1) is 0 Å². The summed E-state index contributed by atoms with van der Waals surface area (Å²) in [6.07, 6.45) is -0.246. The predicted molar refractivity (Wildman–Crippen MR) is 90.2 cm³/mol. The Morgan fingerprint density at radius 1 is 0.885 bits per heavy atom. The molecule has 0 rings (SSSR count). The van der Waals surface area contributed by atoms with Crippen LogP contribution in [0.2, 0.25) is 0 Å². The SMILES string of the molecule is C=CC(=O)OC(C)C(=O)O.C=CC(=O)OC(C)C(=O)O.CC(O)CCO. The van der Waals surface area contributed by atoms with E-state index in [0.717, 1.165) is 12.2 Å². The fourth-order valence-corrected chi connectivity index (χ4v) is 0.732. The number of aliphatic hydroxyl groups excluding tert-OH is 2. The fraction of sp³-hybridized carbons (Fsp3) is 0.500. The maximum atomic E-state index is 10.3. The van der Waals surface area contributed by atoms with Crippen molar-refractivity contribution in [1.29, 1.82) is 0 Å². The van der Waals surface area contributed by atoms with E-state index in [1.165, 1.54) is 13.8 Å². The number of carbonyl (C=O) groups excluding carboxylic acids is 2. The molecule has 26 heavy (non-hydrogen) atoms. The Morgan fingerprint density at radius 3 is 1.31 bits per heavy atom. The Morgan fingerprint density at radius 2 is 1.19 bits per heavy atom. The second-order valence-corrected chi connectivity index (χ2v) is 4.60. The van der Waals surface area contributed by atoms with Crippen molar-refractivity contribution in [2.75, 3.05) is 6.61 Å². The molecule has 10 nitrogen and oxygen atoms in total. The van der Waals surface area contributed by atoms with Gasteiger partial charge in [-0.3, -0.25) is 0 Å². The quantitative estimate of drug-likeness (QED) is 0.336. The first-order chi connectivity index (χ1) is 11.9. The molecule has 0 saturated heterocycles. The van der Waals surface area contributed by atoms with E-state index in [-0.39, 0.29) is 12.7 Å². The van der Waals surface area contributed by atoms with E-state index in [1.54, 1.807) is 6.92 Å². The zero-order chi connectivity index (χ0) is 21.3. The van der Waals surface area contributed by atoms with Crippen molar-refractivity contribution in [3.63, 3.8) is 0 Å². The van der Waals surface area contributed by atoms with Crippen molar-refractivity contribution in [2.24, 2.45) is 0 Å². The molecule has 3 unspecified atom stereocenters. The Labute approximate surface area is 151 Å². The van der Waals surface area contributed by atoms with E-state index in [0.29, 0.717) is 6.42 Å². The minimum atomic E-state index is -1.17. The summed E-state index contributed by atoms with van der Waals surface area (Å²) in [5, 5.41) is 32.9. The minimum absolute atomic E-state index is 0.0810. The van der Waals surface area contributed by atoms with Crippen LogP contribution in [0.25, 0.3) is 0 Å². The number of carboxylic acids is 2. The highest BCUT2D eigenvalue weighted by molar-refractivity contribution is 5.84. The molecule has 0 aliphatic carbocycles. The second kappa shape index (κ2) is 17.1. The van der Waals surface area contributed by atoms with Crippen molar-refractivity contribution >= 4 is 23.9 Å². The van der Waals surface area contributed by atoms with E-state index < -0.39 is 36.1 Å². The number of aliphatic carboxylic acids is 2. The maximum absolute atomic E-state index is 10.3. The lowest BCUT2D eigenvalue weighted by Gasteiger charge is -2.04. The topological polar surface area (TPSA) is 168 Å². The Balaban J connectivity index is -0.000000316.